The van der Waals surface area contributed by atoms with Gasteiger partial charge in [0.2, 0.25) is 0 Å². The maximum absolute atomic E-state index is 13.8. The zero-order valence-electron chi connectivity index (χ0n) is 18.7. The van der Waals surface area contributed by atoms with Crippen LogP contribution in [0.3, 0.4) is 0 Å². The van der Waals surface area contributed by atoms with Crippen molar-refractivity contribution in [2.45, 2.75) is 77.5 Å². The summed E-state index contributed by atoms with van der Waals surface area (Å²) < 4.78 is 25.2. The van der Waals surface area contributed by atoms with Gasteiger partial charge in [-0.25, -0.2) is 8.57 Å². The molecule has 0 saturated carbocycles. The molecule has 27 heavy (non-hydrogen) atoms. The van der Waals surface area contributed by atoms with E-state index in [2.05, 4.69) is 47.7 Å². The van der Waals surface area contributed by atoms with Gasteiger partial charge in [-0.1, -0.05) is 64.5 Å². The average molecular weight is 410 g/mol. The lowest BCUT2D eigenvalue weighted by atomic mass is 10.1. The van der Waals surface area contributed by atoms with Crippen molar-refractivity contribution in [1.82, 2.24) is 0 Å². The smallest absolute Gasteiger partial charge is 0.192 e. The first kappa shape index (κ1) is 24.1. The van der Waals surface area contributed by atoms with E-state index < -0.39 is 18.0 Å². The Labute approximate surface area is 168 Å². The molecular formula is C22H39NO2SSi. The largest absolute Gasteiger partial charge is 0.415 e. The summed E-state index contributed by atoms with van der Waals surface area (Å²) in [4.78, 5) is 0.809. The van der Waals surface area contributed by atoms with Gasteiger partial charge in [-0.2, -0.15) is 0 Å². The number of rotatable bonds is 8. The van der Waals surface area contributed by atoms with Crippen molar-refractivity contribution in [2.75, 3.05) is 12.4 Å². The van der Waals surface area contributed by atoms with E-state index >= 15 is 0 Å². The molecule has 0 aromatic heterocycles. The number of benzene rings is 1. The van der Waals surface area contributed by atoms with E-state index in [0.717, 1.165) is 10.5 Å². The molecule has 1 aromatic carbocycles. The highest BCUT2D eigenvalue weighted by atomic mass is 32.2. The molecule has 1 aromatic rings. The molecule has 0 N–H and O–H groups in total. The van der Waals surface area contributed by atoms with Crippen LogP contribution in [-0.2, 0) is 14.2 Å². The minimum atomic E-state index is -2.52. The fourth-order valence-electron chi connectivity index (χ4n) is 2.25. The highest BCUT2D eigenvalue weighted by Crippen LogP contribution is 2.37. The van der Waals surface area contributed by atoms with E-state index in [4.69, 9.17) is 8.79 Å². The zero-order chi connectivity index (χ0) is 20.9. The van der Waals surface area contributed by atoms with Crippen LogP contribution in [0.2, 0.25) is 18.1 Å². The van der Waals surface area contributed by atoms with Crippen LogP contribution in [0, 0.1) is 12.8 Å². The summed E-state index contributed by atoms with van der Waals surface area (Å²) in [5, 5.41) is 0.151. The number of aryl methyl sites for hydroxylation is 1. The Hall–Kier alpha value is -0.913. The summed E-state index contributed by atoms with van der Waals surface area (Å²) in [5.74, 6) is 0.710. The number of allylic oxidation sites excluding steroid dienone is 1. The summed E-state index contributed by atoms with van der Waals surface area (Å²) in [6, 6.07) is 7.85. The van der Waals surface area contributed by atoms with Gasteiger partial charge >= 0.3 is 0 Å². The van der Waals surface area contributed by atoms with E-state index in [1.165, 1.54) is 0 Å². The molecule has 0 bridgehead atoms. The van der Waals surface area contributed by atoms with Crippen molar-refractivity contribution in [3.8, 4) is 0 Å². The van der Waals surface area contributed by atoms with Gasteiger partial charge in [-0.3, -0.25) is 0 Å². The first-order chi connectivity index (χ1) is 12.3. The molecule has 0 fully saturated rings. The van der Waals surface area contributed by atoms with Crippen LogP contribution in [0.4, 0.5) is 0 Å². The van der Waals surface area contributed by atoms with Gasteiger partial charge in [0, 0.05) is 4.90 Å². The molecule has 154 valence electrons. The fourth-order valence-corrected chi connectivity index (χ4v) is 5.43. The van der Waals surface area contributed by atoms with Crippen LogP contribution >= 0.6 is 0 Å². The molecule has 1 unspecified atom stereocenters. The molecule has 0 spiro atoms. The van der Waals surface area contributed by atoms with Crippen molar-refractivity contribution >= 4 is 18.0 Å². The van der Waals surface area contributed by atoms with Crippen molar-refractivity contribution in [3.63, 3.8) is 0 Å². The lowest BCUT2D eigenvalue weighted by molar-refractivity contribution is 0.240. The minimum Gasteiger partial charge on any atom is -0.415 e. The van der Waals surface area contributed by atoms with Crippen LogP contribution in [0.15, 0.2) is 45.7 Å². The predicted octanol–water partition coefficient (Wildman–Crippen LogP) is 6.44. The summed E-state index contributed by atoms with van der Waals surface area (Å²) in [7, 11) is -4.39. The van der Waals surface area contributed by atoms with E-state index in [9.17, 15) is 4.21 Å². The molecular weight excluding hydrogens is 370 g/mol. The molecule has 0 radical (unpaired) electrons. The Morgan fingerprint density at radius 2 is 1.74 bits per heavy atom. The number of hydrogen-bond acceptors (Lipinski definition) is 3. The monoisotopic (exact) mass is 409 g/mol. The second-order valence-electron chi connectivity index (χ2n) is 9.18. The fraction of sp³-hybridized carbons (Fsp3) is 0.636. The van der Waals surface area contributed by atoms with Crippen molar-refractivity contribution in [2.24, 2.45) is 10.3 Å². The van der Waals surface area contributed by atoms with Gasteiger partial charge in [-0.15, -0.1) is 0 Å². The summed E-state index contributed by atoms with van der Waals surface area (Å²) in [6.45, 7) is 20.0. The van der Waals surface area contributed by atoms with E-state index in [0.29, 0.717) is 12.4 Å². The number of hydrogen-bond donors (Lipinski definition) is 0. The molecule has 0 aliphatic heterocycles. The van der Waals surface area contributed by atoms with Crippen molar-refractivity contribution in [1.29, 1.82) is 0 Å². The van der Waals surface area contributed by atoms with Crippen LogP contribution < -0.4 is 0 Å². The Bertz CT molecular complexity index is 737. The zero-order valence-corrected chi connectivity index (χ0v) is 20.5. The maximum Gasteiger partial charge on any atom is 0.192 e. The molecule has 0 aliphatic rings. The average Bonchev–Trinajstić information content (AvgIpc) is 2.56. The van der Waals surface area contributed by atoms with Crippen molar-refractivity contribution in [3.05, 3.63) is 42.0 Å². The van der Waals surface area contributed by atoms with E-state index in [1.807, 2.05) is 50.3 Å². The van der Waals surface area contributed by atoms with E-state index in [-0.39, 0.29) is 17.0 Å². The molecule has 0 saturated heterocycles. The third kappa shape index (κ3) is 6.88. The van der Waals surface area contributed by atoms with Gasteiger partial charge < -0.3 is 4.43 Å². The Kier molecular flexibility index (Phi) is 8.51. The standard InChI is InChI=1S/C22H39NO2SSi/c1-10-11-16-26(24,20-14-12-19(4)13-15-20)23-21(18(2)3)17-25-27(8,9)22(5,6)7/h10-15,18,21H,16-17H2,1-9H3/b11-10+/t21-,26?/m1/s1. The quantitative estimate of drug-likeness (QED) is 0.366. The SMILES string of the molecule is C/C=C/CS(=O)(=N[C@H](CO[Si](C)(C)C(C)(C)C)C(C)C)c1ccc(C)cc1. The van der Waals surface area contributed by atoms with Crippen LogP contribution in [-0.4, -0.2) is 30.9 Å². The molecule has 1 rings (SSSR count). The third-order valence-corrected chi connectivity index (χ3v) is 12.2. The van der Waals surface area contributed by atoms with Gasteiger partial charge in [0.15, 0.2) is 8.32 Å². The third-order valence-electron chi connectivity index (χ3n) is 5.44. The Morgan fingerprint density at radius 3 is 2.19 bits per heavy atom. The normalized spacial score (nSPS) is 16.5. The van der Waals surface area contributed by atoms with Crippen LogP contribution in [0.25, 0.3) is 0 Å². The van der Waals surface area contributed by atoms with Crippen molar-refractivity contribution < 1.29 is 8.63 Å². The number of nitrogens with zero attached hydrogens (tertiary/aromatic N) is 1. The van der Waals surface area contributed by atoms with Gasteiger partial charge in [0.1, 0.15) is 0 Å². The molecule has 0 amide bonds. The molecule has 0 heterocycles. The minimum absolute atomic E-state index is 0.0850. The summed E-state index contributed by atoms with van der Waals surface area (Å²) in [6.07, 6.45) is 3.90. The second kappa shape index (κ2) is 9.53. The molecule has 3 nitrogen and oxygen atoms in total. The maximum atomic E-state index is 13.8. The van der Waals surface area contributed by atoms with Crippen LogP contribution in [0.1, 0.15) is 47.1 Å². The highest BCUT2D eigenvalue weighted by Gasteiger charge is 2.38. The topological polar surface area (TPSA) is 38.7 Å². The first-order valence-corrected chi connectivity index (χ1v) is 14.5. The summed E-state index contributed by atoms with van der Waals surface area (Å²) >= 11 is 0. The van der Waals surface area contributed by atoms with E-state index in [1.54, 1.807) is 0 Å². The molecule has 2 atom stereocenters. The summed E-state index contributed by atoms with van der Waals surface area (Å²) in [5.41, 5.74) is 1.16. The lowest BCUT2D eigenvalue weighted by Crippen LogP contribution is -2.43. The Balaban J connectivity index is 3.27. The van der Waals surface area contributed by atoms with Gasteiger partial charge in [0.05, 0.1) is 28.1 Å². The first-order valence-electron chi connectivity index (χ1n) is 9.88. The van der Waals surface area contributed by atoms with Gasteiger partial charge in [-0.05, 0) is 50.0 Å². The Morgan fingerprint density at radius 1 is 1.19 bits per heavy atom. The van der Waals surface area contributed by atoms with Crippen LogP contribution in [0.5, 0.6) is 0 Å². The van der Waals surface area contributed by atoms with Gasteiger partial charge in [0.25, 0.3) is 0 Å². The molecule has 5 heteroatoms. The highest BCUT2D eigenvalue weighted by molar-refractivity contribution is 7.93. The second-order valence-corrected chi connectivity index (χ2v) is 16.3. The lowest BCUT2D eigenvalue weighted by Gasteiger charge is -2.37. The molecule has 0 aliphatic carbocycles. The predicted molar refractivity (Wildman–Crippen MR) is 121 cm³/mol.